The zero-order valence-corrected chi connectivity index (χ0v) is 60.9. The average Bonchev–Trinajstić information content (AvgIpc) is 1.59. The van der Waals surface area contributed by atoms with Gasteiger partial charge in [-0.2, -0.15) is 9.97 Å². The Morgan fingerprint density at radius 1 is 0.608 bits per heavy atom. The van der Waals surface area contributed by atoms with Crippen LogP contribution in [-0.2, 0) is 27.6 Å². The van der Waals surface area contributed by atoms with Crippen molar-refractivity contribution >= 4 is 64.4 Å². The second-order valence-electron chi connectivity index (χ2n) is 24.3. The van der Waals surface area contributed by atoms with Crippen molar-refractivity contribution in [3.8, 4) is 23.7 Å². The van der Waals surface area contributed by atoms with E-state index in [0.717, 1.165) is 0 Å². The Morgan fingerprint density at radius 2 is 1.01 bits per heavy atom. The first kappa shape index (κ1) is 79.9. The van der Waals surface area contributed by atoms with E-state index >= 15 is 0 Å². The van der Waals surface area contributed by atoms with Gasteiger partial charge in [-0.1, -0.05) is 86.1 Å². The first-order valence-corrected chi connectivity index (χ1v) is 35.8. The van der Waals surface area contributed by atoms with Gasteiger partial charge in [0.05, 0.1) is 54.2 Å². The van der Waals surface area contributed by atoms with E-state index in [-0.39, 0.29) is 110 Å². The predicted molar refractivity (Wildman–Crippen MR) is 390 cm³/mol. The van der Waals surface area contributed by atoms with Gasteiger partial charge in [-0.3, -0.25) is 33.1 Å². The van der Waals surface area contributed by atoms with Crippen molar-refractivity contribution in [3.05, 3.63) is 198 Å². The van der Waals surface area contributed by atoms with Gasteiger partial charge in [0.25, 0.3) is 40.7 Å². The monoisotopic (exact) mass is 1430 g/mol. The first-order chi connectivity index (χ1) is 49.1. The normalized spacial score (nSPS) is 17.4. The summed E-state index contributed by atoms with van der Waals surface area (Å²) >= 11 is 0. The Kier molecular flexibility index (Phi) is 31.5. The average molecular weight is 1430 g/mol. The van der Waals surface area contributed by atoms with Crippen LogP contribution in [0.5, 0.6) is 0 Å². The summed E-state index contributed by atoms with van der Waals surface area (Å²) in [6.45, 7) is 35.6. The molecule has 0 radical (unpaired) electrons. The number of pyridine rings is 1. The number of ether oxygens (including phenoxy) is 2. The minimum atomic E-state index is -1.55. The van der Waals surface area contributed by atoms with Crippen molar-refractivity contribution in [2.45, 2.75) is 156 Å². The van der Waals surface area contributed by atoms with E-state index in [2.05, 4.69) is 140 Å². The molecule has 3 aromatic heterocycles. The summed E-state index contributed by atoms with van der Waals surface area (Å²) in [6.07, 6.45) is 3.98. The van der Waals surface area contributed by atoms with Gasteiger partial charge in [0.15, 0.2) is 11.6 Å². The second kappa shape index (κ2) is 40.3. The summed E-state index contributed by atoms with van der Waals surface area (Å²) in [5.41, 5.74) is 1.12. The lowest BCUT2D eigenvalue weighted by molar-refractivity contribution is -0.0200. The highest BCUT2D eigenvalue weighted by Gasteiger charge is 2.43. The number of anilines is 3. The highest BCUT2D eigenvalue weighted by Crippen LogP contribution is 2.51. The quantitative estimate of drug-likeness (QED) is 0.00920. The van der Waals surface area contributed by atoms with Gasteiger partial charge in [0.2, 0.25) is 13.1 Å². The minimum Gasteiger partial charge on any atom is -0.373 e. The van der Waals surface area contributed by atoms with Crippen molar-refractivity contribution < 1.29 is 51.5 Å². The molecular formula is C73H88N14O13P2. The minimum absolute atomic E-state index is 0.0186. The van der Waals surface area contributed by atoms with E-state index in [4.69, 9.17) is 40.7 Å². The lowest BCUT2D eigenvalue weighted by Gasteiger charge is -2.37. The van der Waals surface area contributed by atoms with Gasteiger partial charge >= 0.3 is 11.4 Å². The molecule has 4 amide bonds. The number of amides is 4. The molecule has 2 fully saturated rings. The first-order valence-electron chi connectivity index (χ1n) is 33.6. The molecule has 0 saturated carbocycles. The number of benzene rings is 3. The van der Waals surface area contributed by atoms with Crippen molar-refractivity contribution in [3.63, 3.8) is 0 Å². The molecule has 8 unspecified atom stereocenters. The summed E-state index contributed by atoms with van der Waals surface area (Å²) in [4.78, 5) is 109. The summed E-state index contributed by atoms with van der Waals surface area (Å²) < 4.78 is 45.2. The van der Waals surface area contributed by atoms with Crippen LogP contribution in [-0.4, -0.2) is 158 Å². The van der Waals surface area contributed by atoms with Crippen LogP contribution < -0.4 is 38.0 Å². The van der Waals surface area contributed by atoms with Crippen LogP contribution in [0.15, 0.2) is 125 Å². The number of aromatic nitrogens is 5. The molecule has 538 valence electrons. The Bertz CT molecular complexity index is 4110. The van der Waals surface area contributed by atoms with E-state index in [9.17, 15) is 33.6 Å². The second-order valence-corrected chi connectivity index (χ2v) is 27.1. The standard InChI is InChI=1S/C37H43N6O7P.C36H45N8O6P/c1-7-31-32(50-51(48-21-20-38-6)43(25(2)3)26(4)5)22-33(49-31)42-23-30(14-11-19-39-35(45)29-17-15-27(24-44)16-18-29)34(41-37(42)47)40-36(46)28-12-9-8-10-13-28;1-8-29-30(50-51(48-20-19-37-6)44(24(2)3)25(4)5)21-32(49-29)43-23-28(15-12-18-39-34(45)27-16-17-31(38-7)40-22-27)33(42-36(43)47)41-35(46)26-13-10-9-11-14-26/h8-10,12-13,15-18,23-26,31-33H,7,19-22H2,1-5H3,(H,39,45)(H,40,41,46,47);9-11,13-14,16-17,22-25,29-30,32H,8,18-21H2,1-5,7H3,(H,38,40)(H,39,45)(H,41,42,46,47). The molecule has 8 rings (SSSR count). The number of carbonyl (C=O) groups is 5. The molecule has 0 spiro atoms. The Morgan fingerprint density at radius 3 is 1.37 bits per heavy atom. The molecule has 5 N–H and O–H groups in total. The van der Waals surface area contributed by atoms with Gasteiger partial charge in [0.1, 0.15) is 37.8 Å². The molecular weight excluding hydrogens is 1340 g/mol. The van der Waals surface area contributed by atoms with Crippen molar-refractivity contribution in [1.82, 2.24) is 44.1 Å². The molecule has 3 aromatic carbocycles. The number of nitrogens with zero attached hydrogens (tertiary/aromatic N) is 9. The number of aldehydes is 1. The number of hydrogen-bond acceptors (Lipinski definition) is 19. The van der Waals surface area contributed by atoms with E-state index in [1.807, 2.05) is 13.8 Å². The number of hydrogen-bond donors (Lipinski definition) is 5. The van der Waals surface area contributed by atoms with Crippen LogP contribution in [0.1, 0.15) is 170 Å². The van der Waals surface area contributed by atoms with Crippen LogP contribution in [0.3, 0.4) is 0 Å². The third kappa shape index (κ3) is 22.8. The number of rotatable bonds is 30. The Hall–Kier alpha value is -9.44. The Labute approximate surface area is 597 Å². The summed E-state index contributed by atoms with van der Waals surface area (Å²) in [7, 11) is -1.35. The van der Waals surface area contributed by atoms with Gasteiger partial charge < -0.3 is 63.8 Å². The molecule has 2 aliphatic rings. The molecule has 5 heterocycles. The van der Waals surface area contributed by atoms with E-state index < -0.39 is 64.9 Å². The highest BCUT2D eigenvalue weighted by molar-refractivity contribution is 7.44. The van der Waals surface area contributed by atoms with Crippen LogP contribution in [0.25, 0.3) is 9.69 Å². The molecule has 29 heteroatoms. The fraction of sp³-hybridized carbons (Fsp3) is 0.425. The molecule has 27 nitrogen and oxygen atoms in total. The van der Waals surface area contributed by atoms with Gasteiger partial charge in [-0.25, -0.2) is 37.1 Å². The van der Waals surface area contributed by atoms with Crippen LogP contribution >= 0.6 is 17.1 Å². The van der Waals surface area contributed by atoms with Crippen molar-refractivity contribution in [2.24, 2.45) is 0 Å². The summed E-state index contributed by atoms with van der Waals surface area (Å²) in [5, 5.41) is 13.7. The number of nitrogens with one attached hydrogen (secondary N) is 5. The maximum absolute atomic E-state index is 13.5. The van der Waals surface area contributed by atoms with Crippen LogP contribution in [0.4, 0.5) is 17.5 Å². The van der Waals surface area contributed by atoms with Crippen LogP contribution in [0, 0.1) is 36.8 Å². The topological polar surface area (TPSA) is 299 Å². The maximum atomic E-state index is 13.5. The molecule has 0 bridgehead atoms. The van der Waals surface area contributed by atoms with E-state index in [1.165, 1.54) is 39.9 Å². The largest absolute Gasteiger partial charge is 0.373 e. The highest BCUT2D eigenvalue weighted by atomic mass is 31.2. The molecule has 102 heavy (non-hydrogen) atoms. The lowest BCUT2D eigenvalue weighted by Crippen LogP contribution is -2.35. The fourth-order valence-corrected chi connectivity index (χ4v) is 14.4. The van der Waals surface area contributed by atoms with Crippen molar-refractivity contribution in [1.29, 1.82) is 0 Å². The zero-order chi connectivity index (χ0) is 73.8. The molecule has 6 aromatic rings. The summed E-state index contributed by atoms with van der Waals surface area (Å²) in [6, 6.07) is 27.0. The maximum Gasteiger partial charge on any atom is 0.351 e. The fourth-order valence-electron chi connectivity index (χ4n) is 10.9. The van der Waals surface area contributed by atoms with Gasteiger partial charge in [-0.15, -0.1) is 0 Å². The van der Waals surface area contributed by atoms with E-state index in [1.54, 1.807) is 92.0 Å². The van der Waals surface area contributed by atoms with E-state index in [0.29, 0.717) is 65.6 Å². The molecule has 8 atom stereocenters. The zero-order valence-electron chi connectivity index (χ0n) is 59.1. The molecule has 2 aliphatic heterocycles. The van der Waals surface area contributed by atoms with Crippen molar-refractivity contribution in [2.75, 3.05) is 62.4 Å². The SMILES string of the molecule is [C-]#[N+]CCOP(OC1CC(n2cc(C#CCNC(=O)c3ccc(C=O)cc3)c(NC(=O)c3ccccc3)nc2=O)OC1CC)N(C(C)C)C(C)C.[C-]#[N+]CCOP(OC1CC(n2cc(C#CCNC(=O)c3ccc(NC)nc3)c(NC(=O)c3ccccc3)nc2=O)OC1CC)N(C(C)C)C(C)C. The Balaban J connectivity index is 0.000000286. The molecule has 2 saturated heterocycles. The third-order valence-corrected chi connectivity index (χ3v) is 20.0. The number of carbonyl (C=O) groups excluding carboxylic acids is 5. The van der Waals surface area contributed by atoms with Crippen LogP contribution in [0.2, 0.25) is 0 Å². The predicted octanol–water partition coefficient (Wildman–Crippen LogP) is 10.5. The lowest BCUT2D eigenvalue weighted by atomic mass is 10.1. The third-order valence-electron chi connectivity index (χ3n) is 15.7. The smallest absolute Gasteiger partial charge is 0.351 e. The van der Waals surface area contributed by atoms with Gasteiger partial charge in [0, 0.05) is 84.9 Å². The summed E-state index contributed by atoms with van der Waals surface area (Å²) in [5.74, 6) is 10.6. The van der Waals surface area contributed by atoms with Gasteiger partial charge in [-0.05, 0) is 117 Å². The molecule has 0 aliphatic carbocycles.